The molecule has 2 aliphatic rings. The summed E-state index contributed by atoms with van der Waals surface area (Å²) in [7, 11) is -1.95. The average Bonchev–Trinajstić information content (AvgIpc) is 3.17. The highest BCUT2D eigenvalue weighted by molar-refractivity contribution is 7.93. The van der Waals surface area contributed by atoms with Crippen molar-refractivity contribution in [3.8, 4) is 0 Å². The molecule has 0 bridgehead atoms. The van der Waals surface area contributed by atoms with Crippen molar-refractivity contribution in [1.82, 2.24) is 5.32 Å². The van der Waals surface area contributed by atoms with Gasteiger partial charge in [-0.05, 0) is 49.1 Å². The van der Waals surface area contributed by atoms with Crippen LogP contribution in [0.2, 0.25) is 0 Å². The number of carbonyl (C=O) groups is 1. The van der Waals surface area contributed by atoms with Crippen LogP contribution in [-0.4, -0.2) is 17.3 Å². The molecular formula is C18H19FN4O2S2. The summed E-state index contributed by atoms with van der Waals surface area (Å²) in [6.45, 7) is 0.415. The van der Waals surface area contributed by atoms with Gasteiger partial charge in [0.15, 0.2) is 19.9 Å². The number of rotatable bonds is 4. The number of thiophene rings is 1. The van der Waals surface area contributed by atoms with Crippen LogP contribution in [0.25, 0.3) is 6.08 Å². The molecule has 1 atom stereocenters. The number of carbonyl (C=O) groups excluding carboxylic acids is 1. The average molecular weight is 407 g/mol. The highest BCUT2D eigenvalue weighted by Crippen LogP contribution is 2.39. The van der Waals surface area contributed by atoms with Crippen LogP contribution in [-0.2, 0) is 35.7 Å². The van der Waals surface area contributed by atoms with E-state index in [0.29, 0.717) is 17.1 Å². The van der Waals surface area contributed by atoms with Crippen molar-refractivity contribution in [2.75, 3.05) is 12.4 Å². The van der Waals surface area contributed by atoms with Gasteiger partial charge in [-0.15, -0.1) is 15.7 Å². The summed E-state index contributed by atoms with van der Waals surface area (Å²) >= 11 is 0.953. The maximum atomic E-state index is 14.1. The number of amides is 2. The van der Waals surface area contributed by atoms with Gasteiger partial charge in [0, 0.05) is 17.0 Å². The number of allylic oxidation sites excluding steroid dienone is 1. The summed E-state index contributed by atoms with van der Waals surface area (Å²) in [5, 5.41) is 11.4. The molecule has 27 heavy (non-hydrogen) atoms. The molecule has 1 aromatic heterocycles. The molecule has 1 unspecified atom stereocenters. The number of nitrogens with two attached hydrogens (primary N) is 1. The summed E-state index contributed by atoms with van der Waals surface area (Å²) in [4.78, 5) is 13.1. The van der Waals surface area contributed by atoms with Crippen LogP contribution >= 0.6 is 11.3 Å². The quantitative estimate of drug-likeness (QED) is 0.727. The monoisotopic (exact) mass is 406 g/mol. The second kappa shape index (κ2) is 6.83. The second-order valence-electron chi connectivity index (χ2n) is 6.54. The Morgan fingerprint density at radius 1 is 1.37 bits per heavy atom. The van der Waals surface area contributed by atoms with Crippen molar-refractivity contribution in [1.29, 1.82) is 0 Å². The van der Waals surface area contributed by atoms with Crippen LogP contribution in [0.3, 0.4) is 0 Å². The van der Waals surface area contributed by atoms with Gasteiger partial charge in [0.25, 0.3) is 0 Å². The number of fused-ring (bicyclic) bond motifs is 2. The lowest BCUT2D eigenvalue weighted by Gasteiger charge is -2.25. The Labute approximate surface area is 161 Å². The predicted molar refractivity (Wildman–Crippen MR) is 106 cm³/mol. The first-order valence-corrected chi connectivity index (χ1v) is 10.9. The molecule has 0 spiro atoms. The molecule has 9 heteroatoms. The molecule has 0 saturated carbocycles. The molecule has 4 N–H and O–H groups in total. The van der Waals surface area contributed by atoms with Gasteiger partial charge in [0.2, 0.25) is 0 Å². The smallest absolute Gasteiger partial charge is 0.315 e. The lowest BCUT2D eigenvalue weighted by Crippen LogP contribution is -2.21. The standard InChI is InChI=1S/C18H19FN4O2S2/c1-21-9-12-8-15(19)17(26-12)27(20,25)23-18(24)22-16-13-4-2-3-10(13)7-11-5-6-14(11)16/h2,4,7-8,21H,3,5-6,9H2,1H3,(H3,20,22,23,24,25). The number of benzene rings is 1. The zero-order chi connectivity index (χ0) is 19.2. The fourth-order valence-electron chi connectivity index (χ4n) is 3.41. The van der Waals surface area contributed by atoms with E-state index in [1.54, 1.807) is 7.05 Å². The fourth-order valence-corrected chi connectivity index (χ4v) is 5.81. The predicted octanol–water partition coefficient (Wildman–Crippen LogP) is 3.21. The summed E-state index contributed by atoms with van der Waals surface area (Å²) in [5.74, 6) is -0.707. The van der Waals surface area contributed by atoms with Gasteiger partial charge in [-0.2, -0.15) is 0 Å². The van der Waals surface area contributed by atoms with Gasteiger partial charge in [-0.25, -0.2) is 18.5 Å². The minimum Gasteiger partial charge on any atom is -0.315 e. The van der Waals surface area contributed by atoms with E-state index in [1.165, 1.54) is 11.6 Å². The van der Waals surface area contributed by atoms with Crippen LogP contribution in [0.15, 0.2) is 26.8 Å². The molecule has 0 saturated heterocycles. The number of anilines is 1. The Bertz CT molecular complexity index is 1100. The summed E-state index contributed by atoms with van der Waals surface area (Å²) in [6.07, 6.45) is 6.67. The molecular weight excluding hydrogens is 387 g/mol. The number of hydrogen-bond acceptors (Lipinski definition) is 4. The minimum atomic E-state index is -3.67. The number of halogens is 1. The first-order chi connectivity index (χ1) is 12.9. The Hall–Kier alpha value is -2.07. The third-order valence-electron chi connectivity index (χ3n) is 4.69. The van der Waals surface area contributed by atoms with Crippen molar-refractivity contribution in [3.63, 3.8) is 0 Å². The lowest BCUT2D eigenvalue weighted by molar-refractivity contribution is 0.260. The van der Waals surface area contributed by atoms with E-state index in [9.17, 15) is 13.4 Å². The number of urea groups is 1. The molecule has 2 aromatic rings. The molecule has 2 aliphatic carbocycles. The zero-order valence-electron chi connectivity index (χ0n) is 14.7. The number of hydrogen-bond donors (Lipinski definition) is 3. The van der Waals surface area contributed by atoms with E-state index in [1.807, 2.05) is 12.2 Å². The van der Waals surface area contributed by atoms with E-state index in [4.69, 9.17) is 5.14 Å². The third kappa shape index (κ3) is 3.31. The Kier molecular flexibility index (Phi) is 4.63. The number of aryl methyl sites for hydroxylation is 1. The van der Waals surface area contributed by atoms with Crippen molar-refractivity contribution in [2.24, 2.45) is 9.50 Å². The van der Waals surface area contributed by atoms with Crippen molar-refractivity contribution < 1.29 is 13.4 Å². The maximum absolute atomic E-state index is 14.1. The summed E-state index contributed by atoms with van der Waals surface area (Å²) in [6, 6.07) is 2.60. The number of nitrogens with one attached hydrogen (secondary N) is 2. The summed E-state index contributed by atoms with van der Waals surface area (Å²) < 4.78 is 30.2. The van der Waals surface area contributed by atoms with Gasteiger partial charge in [-0.1, -0.05) is 18.2 Å². The highest BCUT2D eigenvalue weighted by Gasteiger charge is 2.25. The molecule has 6 nitrogen and oxygen atoms in total. The van der Waals surface area contributed by atoms with Crippen molar-refractivity contribution in [3.05, 3.63) is 51.2 Å². The Balaban J connectivity index is 1.65. The topological polar surface area (TPSA) is 96.6 Å². The highest BCUT2D eigenvalue weighted by atomic mass is 32.2. The van der Waals surface area contributed by atoms with E-state index in [-0.39, 0.29) is 4.21 Å². The lowest BCUT2D eigenvalue weighted by atomic mass is 9.83. The minimum absolute atomic E-state index is 0.214. The van der Waals surface area contributed by atoms with Gasteiger partial charge in [-0.3, -0.25) is 0 Å². The van der Waals surface area contributed by atoms with Crippen molar-refractivity contribution >= 4 is 39.0 Å². The first kappa shape index (κ1) is 18.3. The molecule has 1 heterocycles. The van der Waals surface area contributed by atoms with Crippen LogP contribution in [0.5, 0.6) is 0 Å². The first-order valence-electron chi connectivity index (χ1n) is 8.52. The fraction of sp³-hybridized carbons (Fsp3) is 0.278. The Morgan fingerprint density at radius 2 is 2.19 bits per heavy atom. The normalized spacial score (nSPS) is 16.3. The van der Waals surface area contributed by atoms with Crippen LogP contribution in [0, 0.1) is 5.82 Å². The van der Waals surface area contributed by atoms with Gasteiger partial charge in [0.05, 0.1) is 5.69 Å². The van der Waals surface area contributed by atoms with Crippen LogP contribution < -0.4 is 15.8 Å². The van der Waals surface area contributed by atoms with E-state index in [0.717, 1.165) is 47.3 Å². The molecule has 0 aliphatic heterocycles. The molecule has 4 rings (SSSR count). The Morgan fingerprint density at radius 3 is 2.89 bits per heavy atom. The van der Waals surface area contributed by atoms with Crippen molar-refractivity contribution in [2.45, 2.75) is 30.0 Å². The van der Waals surface area contributed by atoms with E-state index < -0.39 is 21.8 Å². The van der Waals surface area contributed by atoms with Gasteiger partial charge < -0.3 is 10.6 Å². The largest absolute Gasteiger partial charge is 0.354 e. The summed E-state index contributed by atoms with van der Waals surface area (Å²) in [5.41, 5.74) is 5.10. The van der Waals surface area contributed by atoms with Gasteiger partial charge in [0.1, 0.15) is 0 Å². The van der Waals surface area contributed by atoms with E-state index in [2.05, 4.69) is 21.1 Å². The van der Waals surface area contributed by atoms with Crippen LogP contribution in [0.4, 0.5) is 14.9 Å². The molecule has 0 fully saturated rings. The van der Waals surface area contributed by atoms with E-state index >= 15 is 0 Å². The SMILES string of the molecule is CNCc1cc(F)c(S(N)(=O)=NC(=O)Nc2c3c(cc4c2CC4)CC=C3)s1. The molecule has 2 amide bonds. The molecule has 142 valence electrons. The maximum Gasteiger partial charge on any atom is 0.354 e. The third-order valence-corrected chi connectivity index (χ3v) is 7.73. The molecule has 0 radical (unpaired) electrons. The van der Waals surface area contributed by atoms with Gasteiger partial charge >= 0.3 is 6.03 Å². The molecule has 1 aromatic carbocycles. The van der Waals surface area contributed by atoms with Crippen LogP contribution in [0.1, 0.15) is 27.1 Å². The zero-order valence-corrected chi connectivity index (χ0v) is 16.3. The number of nitrogens with zero attached hydrogens (tertiary/aromatic N) is 1. The second-order valence-corrected chi connectivity index (χ2v) is 9.66.